The normalized spacial score (nSPS) is 12.1. The first-order valence-electron chi connectivity index (χ1n) is 6.00. The van der Waals surface area contributed by atoms with Gasteiger partial charge in [0.05, 0.1) is 11.6 Å². The number of aliphatic carboxylic acids is 1. The molecule has 0 spiro atoms. The molecule has 1 amide bonds. The van der Waals surface area contributed by atoms with E-state index in [1.54, 1.807) is 25.2 Å². The highest BCUT2D eigenvalue weighted by atomic mass is 32.1. The van der Waals surface area contributed by atoms with Crippen molar-refractivity contribution in [2.45, 2.75) is 13.8 Å². The summed E-state index contributed by atoms with van der Waals surface area (Å²) in [6, 6.07) is 1.96. The molecule has 0 fully saturated rings. The second-order valence-electron chi connectivity index (χ2n) is 4.39. The molecule has 2 rings (SSSR count). The van der Waals surface area contributed by atoms with Gasteiger partial charge in [-0.3, -0.25) is 9.59 Å². The third-order valence-electron chi connectivity index (χ3n) is 2.76. The summed E-state index contributed by atoms with van der Waals surface area (Å²) in [5.41, 5.74) is 1.66. The van der Waals surface area contributed by atoms with Crippen LogP contribution in [0.1, 0.15) is 22.3 Å². The van der Waals surface area contributed by atoms with Crippen molar-refractivity contribution in [3.63, 3.8) is 0 Å². The zero-order valence-corrected chi connectivity index (χ0v) is 12.7. The van der Waals surface area contributed by atoms with Crippen molar-refractivity contribution < 1.29 is 14.7 Å². The van der Waals surface area contributed by atoms with Crippen LogP contribution in [0.4, 0.5) is 0 Å². The zero-order valence-electron chi connectivity index (χ0n) is 11.0. The van der Waals surface area contributed by atoms with Gasteiger partial charge in [-0.1, -0.05) is 6.92 Å². The van der Waals surface area contributed by atoms with E-state index in [0.717, 1.165) is 10.6 Å². The first kappa shape index (κ1) is 14.7. The number of aromatic nitrogens is 1. The lowest BCUT2D eigenvalue weighted by atomic mass is 10.2. The fourth-order valence-electron chi connectivity index (χ4n) is 1.53. The minimum Gasteiger partial charge on any atom is -0.481 e. The number of hydrogen-bond donors (Lipinski definition) is 2. The monoisotopic (exact) mass is 310 g/mol. The Balaban J connectivity index is 2.09. The van der Waals surface area contributed by atoms with E-state index >= 15 is 0 Å². The first-order valence-corrected chi connectivity index (χ1v) is 7.76. The van der Waals surface area contributed by atoms with Crippen LogP contribution in [0.25, 0.3) is 10.6 Å². The molecule has 7 heteroatoms. The Labute approximate surface area is 124 Å². The van der Waals surface area contributed by atoms with E-state index in [0.29, 0.717) is 10.6 Å². The van der Waals surface area contributed by atoms with Crippen molar-refractivity contribution in [2.75, 3.05) is 6.54 Å². The lowest BCUT2D eigenvalue weighted by molar-refractivity contribution is -0.140. The average molecular weight is 310 g/mol. The van der Waals surface area contributed by atoms with E-state index in [1.807, 2.05) is 16.8 Å². The molecule has 20 heavy (non-hydrogen) atoms. The van der Waals surface area contributed by atoms with Crippen LogP contribution in [0.3, 0.4) is 0 Å². The molecule has 2 aromatic rings. The van der Waals surface area contributed by atoms with Crippen molar-refractivity contribution in [3.05, 3.63) is 27.4 Å². The van der Waals surface area contributed by atoms with Gasteiger partial charge in [-0.05, 0) is 18.4 Å². The van der Waals surface area contributed by atoms with Gasteiger partial charge in [0.1, 0.15) is 9.88 Å². The number of thiazole rings is 1. The lowest BCUT2D eigenvalue weighted by Gasteiger charge is -2.07. The van der Waals surface area contributed by atoms with Crippen molar-refractivity contribution in [2.24, 2.45) is 5.92 Å². The maximum absolute atomic E-state index is 12.0. The summed E-state index contributed by atoms with van der Waals surface area (Å²) < 4.78 is 0. The summed E-state index contributed by atoms with van der Waals surface area (Å²) in [5.74, 6) is -1.80. The Hall–Kier alpha value is -1.73. The highest BCUT2D eigenvalue weighted by Gasteiger charge is 2.18. The van der Waals surface area contributed by atoms with E-state index < -0.39 is 11.9 Å². The number of hydrogen-bond acceptors (Lipinski definition) is 5. The van der Waals surface area contributed by atoms with Crippen molar-refractivity contribution in [1.29, 1.82) is 0 Å². The largest absolute Gasteiger partial charge is 0.481 e. The molecule has 1 unspecified atom stereocenters. The molecule has 5 nitrogen and oxygen atoms in total. The topological polar surface area (TPSA) is 79.3 Å². The van der Waals surface area contributed by atoms with Crippen LogP contribution >= 0.6 is 22.7 Å². The first-order chi connectivity index (χ1) is 9.49. The van der Waals surface area contributed by atoms with Crippen LogP contribution in [0.15, 0.2) is 16.8 Å². The Kier molecular flexibility index (Phi) is 4.51. The molecule has 2 heterocycles. The second-order valence-corrected chi connectivity index (χ2v) is 6.17. The van der Waals surface area contributed by atoms with Gasteiger partial charge in [0.15, 0.2) is 0 Å². The minimum atomic E-state index is -0.926. The number of carboxylic acid groups (broad SMARTS) is 1. The van der Waals surface area contributed by atoms with Gasteiger partial charge in [-0.25, -0.2) is 4.98 Å². The summed E-state index contributed by atoms with van der Waals surface area (Å²) in [4.78, 5) is 27.7. The van der Waals surface area contributed by atoms with Gasteiger partial charge in [0, 0.05) is 17.5 Å². The number of carbonyl (C=O) groups is 2. The van der Waals surface area contributed by atoms with Crippen LogP contribution in [0.5, 0.6) is 0 Å². The lowest BCUT2D eigenvalue weighted by Crippen LogP contribution is -2.31. The van der Waals surface area contributed by atoms with Crippen LogP contribution < -0.4 is 5.32 Å². The molecule has 0 aliphatic rings. The molecule has 0 radical (unpaired) electrons. The molecular weight excluding hydrogens is 296 g/mol. The maximum Gasteiger partial charge on any atom is 0.308 e. The maximum atomic E-state index is 12.0. The predicted molar refractivity (Wildman–Crippen MR) is 79.3 cm³/mol. The number of nitrogens with zero attached hydrogens (tertiary/aromatic N) is 1. The summed E-state index contributed by atoms with van der Waals surface area (Å²) in [6.45, 7) is 3.44. The van der Waals surface area contributed by atoms with Gasteiger partial charge >= 0.3 is 5.97 Å². The average Bonchev–Trinajstić information content (AvgIpc) is 3.04. The smallest absolute Gasteiger partial charge is 0.308 e. The highest BCUT2D eigenvalue weighted by molar-refractivity contribution is 7.17. The van der Waals surface area contributed by atoms with Crippen molar-refractivity contribution >= 4 is 34.6 Å². The van der Waals surface area contributed by atoms with Crippen LogP contribution in [-0.4, -0.2) is 28.5 Å². The number of amides is 1. The summed E-state index contributed by atoms with van der Waals surface area (Å²) in [7, 11) is 0. The number of carbonyl (C=O) groups excluding carboxylic acids is 1. The molecular formula is C13H14N2O3S2. The van der Waals surface area contributed by atoms with Gasteiger partial charge in [0.2, 0.25) is 0 Å². The third-order valence-corrected chi connectivity index (χ3v) is 4.65. The van der Waals surface area contributed by atoms with Gasteiger partial charge < -0.3 is 10.4 Å². The number of aryl methyl sites for hydroxylation is 1. The number of thiophene rings is 1. The predicted octanol–water partition coefficient (Wildman–Crippen LogP) is 2.63. The summed E-state index contributed by atoms with van der Waals surface area (Å²) in [5, 5.41) is 16.2. The van der Waals surface area contributed by atoms with Crippen molar-refractivity contribution in [1.82, 2.24) is 10.3 Å². The molecule has 0 saturated carbocycles. The molecule has 2 aromatic heterocycles. The van der Waals surface area contributed by atoms with Crippen LogP contribution in [0, 0.1) is 12.8 Å². The van der Waals surface area contributed by atoms with E-state index in [4.69, 9.17) is 5.11 Å². The highest BCUT2D eigenvalue weighted by Crippen LogP contribution is 2.29. The SMILES string of the molecule is Cc1nc(-c2ccsc2)sc1C(=O)NCC(C)C(=O)O. The van der Waals surface area contributed by atoms with E-state index in [2.05, 4.69) is 10.3 Å². The van der Waals surface area contributed by atoms with E-state index in [1.165, 1.54) is 11.3 Å². The Morgan fingerprint density at radius 2 is 2.25 bits per heavy atom. The van der Waals surface area contributed by atoms with Crippen molar-refractivity contribution in [3.8, 4) is 10.6 Å². The Morgan fingerprint density at radius 3 is 2.85 bits per heavy atom. The number of nitrogens with one attached hydrogen (secondary N) is 1. The van der Waals surface area contributed by atoms with Gasteiger partial charge in [-0.15, -0.1) is 11.3 Å². The molecule has 0 bridgehead atoms. The fraction of sp³-hybridized carbons (Fsp3) is 0.308. The zero-order chi connectivity index (χ0) is 14.7. The minimum absolute atomic E-state index is 0.110. The summed E-state index contributed by atoms with van der Waals surface area (Å²) in [6.07, 6.45) is 0. The van der Waals surface area contributed by atoms with E-state index in [-0.39, 0.29) is 12.5 Å². The standard InChI is InChI=1S/C13H14N2O3S2/c1-7(13(17)18)5-14-11(16)10-8(2)15-12(20-10)9-3-4-19-6-9/h3-4,6-7H,5H2,1-2H3,(H,14,16)(H,17,18). The quantitative estimate of drug-likeness (QED) is 0.889. The molecule has 0 aliphatic heterocycles. The molecule has 0 aromatic carbocycles. The van der Waals surface area contributed by atoms with E-state index in [9.17, 15) is 9.59 Å². The Bertz CT molecular complexity index is 620. The molecule has 1 atom stereocenters. The third kappa shape index (κ3) is 3.23. The second kappa shape index (κ2) is 6.15. The molecule has 106 valence electrons. The van der Waals surface area contributed by atoms with Gasteiger partial charge in [-0.2, -0.15) is 11.3 Å². The number of rotatable bonds is 5. The van der Waals surface area contributed by atoms with Crippen LogP contribution in [0.2, 0.25) is 0 Å². The molecule has 2 N–H and O–H groups in total. The summed E-state index contributed by atoms with van der Waals surface area (Å²) >= 11 is 2.90. The fourth-order valence-corrected chi connectivity index (χ4v) is 3.22. The number of carboxylic acids is 1. The van der Waals surface area contributed by atoms with Gasteiger partial charge in [0.25, 0.3) is 5.91 Å². The molecule has 0 saturated heterocycles. The Morgan fingerprint density at radius 1 is 1.50 bits per heavy atom. The molecule has 0 aliphatic carbocycles. The van der Waals surface area contributed by atoms with Crippen LogP contribution in [-0.2, 0) is 4.79 Å².